The second-order valence-electron chi connectivity index (χ2n) is 7.55. The van der Waals surface area contributed by atoms with Crippen LogP contribution in [0.25, 0.3) is 0 Å². The molecule has 150 valence electrons. The molecule has 1 atom stereocenters. The quantitative estimate of drug-likeness (QED) is 0.637. The van der Waals surface area contributed by atoms with E-state index in [-0.39, 0.29) is 17.8 Å². The molecule has 1 amide bonds. The van der Waals surface area contributed by atoms with Crippen LogP contribution in [0.15, 0.2) is 79.1 Å². The van der Waals surface area contributed by atoms with Gasteiger partial charge >= 0.3 is 0 Å². The highest BCUT2D eigenvalue weighted by molar-refractivity contribution is 5.77. The van der Waals surface area contributed by atoms with Crippen LogP contribution < -0.4 is 0 Å². The number of hydrogen-bond acceptors (Lipinski definition) is 2. The molecule has 4 nitrogen and oxygen atoms in total. The fourth-order valence-corrected chi connectivity index (χ4v) is 3.96. The van der Waals surface area contributed by atoms with Gasteiger partial charge in [-0.25, -0.2) is 4.39 Å². The van der Waals surface area contributed by atoms with Crippen molar-refractivity contribution in [1.82, 2.24) is 14.4 Å². The van der Waals surface area contributed by atoms with Crippen LogP contribution in [0.1, 0.15) is 23.6 Å². The molecule has 0 saturated carbocycles. The molecule has 1 fully saturated rings. The summed E-state index contributed by atoms with van der Waals surface area (Å²) in [6.07, 6.45) is 4.19. The van der Waals surface area contributed by atoms with Gasteiger partial charge < -0.3 is 9.47 Å². The Hall–Kier alpha value is -2.92. The number of piperazine rings is 1. The van der Waals surface area contributed by atoms with E-state index in [2.05, 4.69) is 29.2 Å². The van der Waals surface area contributed by atoms with Gasteiger partial charge in [-0.2, -0.15) is 0 Å². The Morgan fingerprint density at radius 2 is 1.62 bits per heavy atom. The molecule has 0 radical (unpaired) electrons. The second-order valence-corrected chi connectivity index (χ2v) is 7.55. The molecule has 2 aromatic carbocycles. The zero-order valence-corrected chi connectivity index (χ0v) is 16.5. The molecular weight excluding hydrogens is 365 g/mol. The van der Waals surface area contributed by atoms with Crippen molar-refractivity contribution >= 4 is 5.91 Å². The van der Waals surface area contributed by atoms with Crippen molar-refractivity contribution in [3.05, 3.63) is 96.1 Å². The van der Waals surface area contributed by atoms with Crippen molar-refractivity contribution in [2.45, 2.75) is 19.0 Å². The van der Waals surface area contributed by atoms with Crippen molar-refractivity contribution in [2.24, 2.45) is 0 Å². The molecule has 0 spiro atoms. The van der Waals surface area contributed by atoms with E-state index in [0.717, 1.165) is 38.3 Å². The van der Waals surface area contributed by atoms with Crippen molar-refractivity contribution in [3.63, 3.8) is 0 Å². The summed E-state index contributed by atoms with van der Waals surface area (Å²) < 4.78 is 15.8. The normalized spacial score (nSPS) is 16.0. The molecule has 3 aromatic rings. The summed E-state index contributed by atoms with van der Waals surface area (Å²) in [5.74, 6) is -0.158. The Bertz CT molecular complexity index is 918. The SMILES string of the molecule is O=C(C[C@H](c1cccc(F)c1)n1cccc1)N1CCN(Cc2ccccc2)CC1. The average Bonchev–Trinajstić information content (AvgIpc) is 3.28. The minimum Gasteiger partial charge on any atom is -0.346 e. The molecule has 0 unspecified atom stereocenters. The van der Waals surface area contributed by atoms with Gasteiger partial charge in [-0.05, 0) is 35.4 Å². The zero-order chi connectivity index (χ0) is 20.1. The first-order valence-electron chi connectivity index (χ1n) is 10.1. The van der Waals surface area contributed by atoms with Gasteiger partial charge in [0.05, 0.1) is 12.5 Å². The molecule has 0 bridgehead atoms. The lowest BCUT2D eigenvalue weighted by atomic mass is 10.0. The summed E-state index contributed by atoms with van der Waals surface area (Å²) in [6.45, 7) is 4.11. The summed E-state index contributed by atoms with van der Waals surface area (Å²) in [5.41, 5.74) is 2.11. The van der Waals surface area contributed by atoms with Gasteiger partial charge in [0.2, 0.25) is 5.91 Å². The number of carbonyl (C=O) groups excluding carboxylic acids is 1. The molecule has 0 N–H and O–H groups in total. The van der Waals surface area contributed by atoms with Crippen LogP contribution in [0.2, 0.25) is 0 Å². The van der Waals surface area contributed by atoms with Gasteiger partial charge in [0.25, 0.3) is 0 Å². The number of halogens is 1. The Morgan fingerprint density at radius 3 is 2.31 bits per heavy atom. The van der Waals surface area contributed by atoms with E-state index in [4.69, 9.17) is 0 Å². The number of benzene rings is 2. The van der Waals surface area contributed by atoms with Crippen molar-refractivity contribution in [2.75, 3.05) is 26.2 Å². The molecule has 1 aromatic heterocycles. The number of rotatable bonds is 6. The third-order valence-corrected chi connectivity index (χ3v) is 5.56. The topological polar surface area (TPSA) is 28.5 Å². The monoisotopic (exact) mass is 391 g/mol. The summed E-state index contributed by atoms with van der Waals surface area (Å²) in [7, 11) is 0. The van der Waals surface area contributed by atoms with Gasteiger partial charge in [-0.3, -0.25) is 9.69 Å². The summed E-state index contributed by atoms with van der Waals surface area (Å²) >= 11 is 0. The van der Waals surface area contributed by atoms with Crippen molar-refractivity contribution in [3.8, 4) is 0 Å². The maximum Gasteiger partial charge on any atom is 0.225 e. The van der Waals surface area contributed by atoms with E-state index < -0.39 is 0 Å². The summed E-state index contributed by atoms with van der Waals surface area (Å²) in [5, 5.41) is 0. The predicted octanol–water partition coefficient (Wildman–Crippen LogP) is 3.95. The highest BCUT2D eigenvalue weighted by atomic mass is 19.1. The minimum absolute atomic E-state index is 0.118. The first-order chi connectivity index (χ1) is 14.2. The van der Waals surface area contributed by atoms with Crippen LogP contribution >= 0.6 is 0 Å². The largest absolute Gasteiger partial charge is 0.346 e. The van der Waals surface area contributed by atoms with Crippen LogP contribution in [-0.4, -0.2) is 46.5 Å². The lowest BCUT2D eigenvalue weighted by Crippen LogP contribution is -2.48. The molecule has 0 aliphatic carbocycles. The molecule has 29 heavy (non-hydrogen) atoms. The fraction of sp³-hybridized carbons (Fsp3) is 0.292. The number of nitrogens with zero attached hydrogens (tertiary/aromatic N) is 3. The summed E-state index contributed by atoms with van der Waals surface area (Å²) in [4.78, 5) is 17.4. The number of hydrogen-bond donors (Lipinski definition) is 0. The summed E-state index contributed by atoms with van der Waals surface area (Å²) in [6, 6.07) is 20.6. The van der Waals surface area contributed by atoms with Gasteiger partial charge in [-0.15, -0.1) is 0 Å². The molecule has 2 heterocycles. The molecule has 5 heteroatoms. The minimum atomic E-state index is -0.276. The van der Waals surface area contributed by atoms with E-state index in [0.29, 0.717) is 6.42 Å². The first-order valence-corrected chi connectivity index (χ1v) is 10.1. The lowest BCUT2D eigenvalue weighted by molar-refractivity contribution is -0.133. The lowest BCUT2D eigenvalue weighted by Gasteiger charge is -2.35. The average molecular weight is 391 g/mol. The third-order valence-electron chi connectivity index (χ3n) is 5.56. The predicted molar refractivity (Wildman–Crippen MR) is 112 cm³/mol. The Kier molecular flexibility index (Phi) is 6.06. The van der Waals surface area contributed by atoms with Crippen LogP contribution in [0.5, 0.6) is 0 Å². The highest BCUT2D eigenvalue weighted by Crippen LogP contribution is 2.24. The first kappa shape index (κ1) is 19.4. The van der Waals surface area contributed by atoms with Crippen molar-refractivity contribution < 1.29 is 9.18 Å². The maximum absolute atomic E-state index is 13.8. The molecule has 4 rings (SSSR count). The molecule has 1 aliphatic rings. The molecule has 1 aliphatic heterocycles. The van der Waals surface area contributed by atoms with Gasteiger partial charge in [0, 0.05) is 45.1 Å². The van der Waals surface area contributed by atoms with Crippen LogP contribution in [-0.2, 0) is 11.3 Å². The van der Waals surface area contributed by atoms with Crippen LogP contribution in [0.4, 0.5) is 4.39 Å². The van der Waals surface area contributed by atoms with E-state index in [9.17, 15) is 9.18 Å². The molecular formula is C24H26FN3O. The Morgan fingerprint density at radius 1 is 0.897 bits per heavy atom. The standard InChI is InChI=1S/C24H26FN3O/c25-22-10-6-9-21(17-22)23(27-11-4-5-12-27)18-24(29)28-15-13-26(14-16-28)19-20-7-2-1-3-8-20/h1-12,17,23H,13-16,18-19H2/t23-/m1/s1. The van der Waals surface area contributed by atoms with E-state index >= 15 is 0 Å². The Labute approximate surface area is 171 Å². The number of carbonyl (C=O) groups is 1. The Balaban J connectivity index is 1.38. The highest BCUT2D eigenvalue weighted by Gasteiger charge is 2.25. The molecule has 1 saturated heterocycles. The van der Waals surface area contributed by atoms with E-state index in [1.165, 1.54) is 17.7 Å². The van der Waals surface area contributed by atoms with Crippen LogP contribution in [0.3, 0.4) is 0 Å². The smallest absolute Gasteiger partial charge is 0.225 e. The van der Waals surface area contributed by atoms with Crippen molar-refractivity contribution in [1.29, 1.82) is 0 Å². The van der Waals surface area contributed by atoms with Gasteiger partial charge in [0.15, 0.2) is 0 Å². The number of amides is 1. The van der Waals surface area contributed by atoms with Gasteiger partial charge in [0.1, 0.15) is 5.82 Å². The van der Waals surface area contributed by atoms with Gasteiger partial charge in [-0.1, -0.05) is 42.5 Å². The van der Waals surface area contributed by atoms with Crippen LogP contribution in [0, 0.1) is 5.82 Å². The zero-order valence-electron chi connectivity index (χ0n) is 16.5. The fourth-order valence-electron chi connectivity index (χ4n) is 3.96. The second kappa shape index (κ2) is 9.05. The number of aromatic nitrogens is 1. The van der Waals surface area contributed by atoms with E-state index in [1.807, 2.05) is 46.1 Å². The van der Waals surface area contributed by atoms with E-state index in [1.54, 1.807) is 6.07 Å². The maximum atomic E-state index is 13.8. The third kappa shape index (κ3) is 4.93.